The Morgan fingerprint density at radius 2 is 2.07 bits per heavy atom. The fourth-order valence-corrected chi connectivity index (χ4v) is 4.16. The summed E-state index contributed by atoms with van der Waals surface area (Å²) in [6.45, 7) is 0. The fraction of sp³-hybridized carbons (Fsp3) is 0.150. The summed E-state index contributed by atoms with van der Waals surface area (Å²) in [5.41, 5.74) is 1.51. The summed E-state index contributed by atoms with van der Waals surface area (Å²) in [4.78, 5) is 13.4. The summed E-state index contributed by atoms with van der Waals surface area (Å²) in [6.07, 6.45) is 2.00. The van der Waals surface area contributed by atoms with Crippen molar-refractivity contribution < 1.29 is 9.21 Å². The number of thioether (sulfide) groups is 2. The zero-order valence-electron chi connectivity index (χ0n) is 15.7. The molecular weight excluding hydrogens is 428 g/mol. The van der Waals surface area contributed by atoms with Crippen LogP contribution >= 0.6 is 35.1 Å². The van der Waals surface area contributed by atoms with E-state index in [1.54, 1.807) is 17.8 Å². The van der Waals surface area contributed by atoms with Crippen molar-refractivity contribution in [1.82, 2.24) is 14.8 Å². The van der Waals surface area contributed by atoms with Crippen LogP contribution in [0.2, 0.25) is 5.02 Å². The van der Waals surface area contributed by atoms with Gasteiger partial charge in [-0.15, -0.1) is 22.0 Å². The molecule has 2 aromatic heterocycles. The predicted octanol–water partition coefficient (Wildman–Crippen LogP) is 5.33. The third-order valence-electron chi connectivity index (χ3n) is 4.22. The van der Waals surface area contributed by atoms with Crippen molar-refractivity contribution in [3.05, 3.63) is 53.6 Å². The molecule has 29 heavy (non-hydrogen) atoms. The molecule has 1 amide bonds. The van der Waals surface area contributed by atoms with Crippen LogP contribution in [-0.2, 0) is 11.8 Å². The number of furan rings is 1. The average Bonchev–Trinajstić information content (AvgIpc) is 3.29. The number of amides is 1. The van der Waals surface area contributed by atoms with Gasteiger partial charge >= 0.3 is 0 Å². The van der Waals surface area contributed by atoms with E-state index in [0.717, 1.165) is 21.6 Å². The van der Waals surface area contributed by atoms with E-state index in [9.17, 15) is 4.79 Å². The Balaban J connectivity index is 1.44. The van der Waals surface area contributed by atoms with Crippen LogP contribution < -0.4 is 5.32 Å². The van der Waals surface area contributed by atoms with Crippen molar-refractivity contribution in [3.63, 3.8) is 0 Å². The van der Waals surface area contributed by atoms with Crippen LogP contribution in [0.3, 0.4) is 0 Å². The largest absolute Gasteiger partial charge is 0.453 e. The number of anilines is 1. The van der Waals surface area contributed by atoms with Gasteiger partial charge in [0, 0.05) is 28.0 Å². The van der Waals surface area contributed by atoms with Crippen LogP contribution in [0.25, 0.3) is 22.6 Å². The molecule has 0 atom stereocenters. The minimum absolute atomic E-state index is 0.101. The third kappa shape index (κ3) is 4.44. The fourth-order valence-electron chi connectivity index (χ4n) is 2.81. The van der Waals surface area contributed by atoms with Crippen molar-refractivity contribution in [2.24, 2.45) is 7.05 Å². The SMILES string of the molecule is CSc1cccc(NC(=O)CSc2nnc(-c3cc4cc(Cl)ccc4o3)n2C)c1. The molecule has 4 aromatic rings. The third-order valence-corrected chi connectivity index (χ3v) is 6.20. The van der Waals surface area contributed by atoms with Gasteiger partial charge < -0.3 is 14.3 Å². The van der Waals surface area contributed by atoms with Crippen molar-refractivity contribution in [3.8, 4) is 11.6 Å². The van der Waals surface area contributed by atoms with Crippen molar-refractivity contribution in [2.75, 3.05) is 17.3 Å². The van der Waals surface area contributed by atoms with Gasteiger partial charge in [-0.25, -0.2) is 0 Å². The summed E-state index contributed by atoms with van der Waals surface area (Å²) in [5.74, 6) is 1.32. The maximum atomic E-state index is 12.3. The summed E-state index contributed by atoms with van der Waals surface area (Å²) in [5, 5.41) is 13.5. The zero-order chi connectivity index (χ0) is 20.4. The molecule has 0 aliphatic rings. The van der Waals surface area contributed by atoms with Gasteiger partial charge in [-0.05, 0) is 48.7 Å². The van der Waals surface area contributed by atoms with Crippen LogP contribution in [0.15, 0.2) is 63.0 Å². The lowest BCUT2D eigenvalue weighted by atomic mass is 10.2. The first-order chi connectivity index (χ1) is 14.0. The molecule has 0 bridgehead atoms. The number of hydrogen-bond donors (Lipinski definition) is 1. The lowest BCUT2D eigenvalue weighted by molar-refractivity contribution is -0.113. The quantitative estimate of drug-likeness (QED) is 0.405. The summed E-state index contributed by atoms with van der Waals surface area (Å²) < 4.78 is 7.67. The van der Waals surface area contributed by atoms with E-state index in [4.69, 9.17) is 16.0 Å². The van der Waals surface area contributed by atoms with Crippen LogP contribution in [0.4, 0.5) is 5.69 Å². The highest BCUT2D eigenvalue weighted by atomic mass is 35.5. The number of hydrogen-bond acceptors (Lipinski definition) is 6. The van der Waals surface area contributed by atoms with Gasteiger partial charge in [-0.2, -0.15) is 0 Å². The highest BCUT2D eigenvalue weighted by molar-refractivity contribution is 7.99. The molecule has 0 aliphatic carbocycles. The van der Waals surface area contributed by atoms with Gasteiger partial charge in [0.15, 0.2) is 16.7 Å². The van der Waals surface area contributed by atoms with E-state index < -0.39 is 0 Å². The molecule has 4 rings (SSSR count). The smallest absolute Gasteiger partial charge is 0.234 e. The second kappa shape index (κ2) is 8.52. The van der Waals surface area contributed by atoms with E-state index in [1.165, 1.54) is 11.8 Å². The Morgan fingerprint density at radius 3 is 2.90 bits per heavy atom. The first-order valence-corrected chi connectivity index (χ1v) is 11.3. The van der Waals surface area contributed by atoms with Crippen LogP contribution in [0.5, 0.6) is 0 Å². The molecule has 0 fully saturated rings. The van der Waals surface area contributed by atoms with Crippen LogP contribution in [0.1, 0.15) is 0 Å². The maximum Gasteiger partial charge on any atom is 0.234 e. The predicted molar refractivity (Wildman–Crippen MR) is 119 cm³/mol. The first-order valence-electron chi connectivity index (χ1n) is 8.69. The lowest BCUT2D eigenvalue weighted by Gasteiger charge is -2.06. The number of benzene rings is 2. The molecule has 148 valence electrons. The number of halogens is 1. The monoisotopic (exact) mass is 444 g/mol. The van der Waals surface area contributed by atoms with Gasteiger partial charge in [-0.3, -0.25) is 4.79 Å². The Morgan fingerprint density at radius 1 is 1.21 bits per heavy atom. The standard InChI is InChI=1S/C20H17ClN4O2S2/c1-25-19(17-9-12-8-13(21)6-7-16(12)27-17)23-24-20(25)29-11-18(26)22-14-4-3-5-15(10-14)28-2/h3-10H,11H2,1-2H3,(H,22,26). The van der Waals surface area contributed by atoms with E-state index >= 15 is 0 Å². The summed E-state index contributed by atoms with van der Waals surface area (Å²) in [6, 6.07) is 15.1. The number of fused-ring (bicyclic) bond motifs is 1. The van der Waals surface area contributed by atoms with Gasteiger partial charge in [0.1, 0.15) is 5.58 Å². The molecule has 1 N–H and O–H groups in total. The van der Waals surface area contributed by atoms with Crippen LogP contribution in [-0.4, -0.2) is 32.7 Å². The normalized spacial score (nSPS) is 11.1. The number of carbonyl (C=O) groups is 1. The number of nitrogens with zero attached hydrogens (tertiary/aromatic N) is 3. The Hall–Kier alpha value is -2.42. The number of nitrogens with one attached hydrogen (secondary N) is 1. The number of carbonyl (C=O) groups excluding carboxylic acids is 1. The molecule has 0 saturated heterocycles. The second-order valence-electron chi connectivity index (χ2n) is 6.23. The maximum absolute atomic E-state index is 12.3. The molecule has 0 radical (unpaired) electrons. The highest BCUT2D eigenvalue weighted by Gasteiger charge is 2.16. The molecule has 6 nitrogen and oxygen atoms in total. The molecule has 0 saturated carbocycles. The Bertz CT molecular complexity index is 1190. The molecule has 9 heteroatoms. The molecular formula is C20H17ClN4O2S2. The van der Waals surface area contributed by atoms with Crippen molar-refractivity contribution in [1.29, 1.82) is 0 Å². The van der Waals surface area contributed by atoms with Gasteiger partial charge in [0.05, 0.1) is 5.75 Å². The molecule has 0 aliphatic heterocycles. The van der Waals surface area contributed by atoms with Gasteiger partial charge in [0.2, 0.25) is 5.91 Å². The molecule has 2 aromatic carbocycles. The van der Waals surface area contributed by atoms with E-state index in [-0.39, 0.29) is 11.7 Å². The molecule has 2 heterocycles. The van der Waals surface area contributed by atoms with E-state index in [1.807, 2.05) is 60.3 Å². The Kier molecular flexibility index (Phi) is 5.84. The van der Waals surface area contributed by atoms with Crippen molar-refractivity contribution in [2.45, 2.75) is 10.1 Å². The van der Waals surface area contributed by atoms with Crippen LogP contribution in [0, 0.1) is 0 Å². The van der Waals surface area contributed by atoms with E-state index in [2.05, 4.69) is 15.5 Å². The van der Waals surface area contributed by atoms with E-state index in [0.29, 0.717) is 21.8 Å². The molecule has 0 spiro atoms. The topological polar surface area (TPSA) is 73.0 Å². The first kappa shape index (κ1) is 19.9. The summed E-state index contributed by atoms with van der Waals surface area (Å²) >= 11 is 8.99. The minimum Gasteiger partial charge on any atom is -0.453 e. The number of aromatic nitrogens is 3. The Labute approximate surface area is 181 Å². The van der Waals surface area contributed by atoms with Crippen molar-refractivity contribution >= 4 is 57.7 Å². The van der Waals surface area contributed by atoms with Gasteiger partial charge in [-0.1, -0.05) is 29.4 Å². The lowest BCUT2D eigenvalue weighted by Crippen LogP contribution is -2.14. The second-order valence-corrected chi connectivity index (χ2v) is 8.49. The average molecular weight is 445 g/mol. The molecule has 0 unspecified atom stereocenters. The summed E-state index contributed by atoms with van der Waals surface area (Å²) in [7, 11) is 1.84. The van der Waals surface area contributed by atoms with Gasteiger partial charge in [0.25, 0.3) is 0 Å². The minimum atomic E-state index is -0.101. The highest BCUT2D eigenvalue weighted by Crippen LogP contribution is 2.30. The zero-order valence-corrected chi connectivity index (χ0v) is 18.1. The number of rotatable bonds is 6.